The molecule has 2 aromatic rings. The van der Waals surface area contributed by atoms with Gasteiger partial charge in [-0.25, -0.2) is 0 Å². The SMILES string of the molecule is CCOc1ccc(C(=CC=O)c2ccccc2)cc1. The summed E-state index contributed by atoms with van der Waals surface area (Å²) in [6, 6.07) is 17.6. The Balaban J connectivity index is 2.35. The van der Waals surface area contributed by atoms with Crippen molar-refractivity contribution in [2.45, 2.75) is 6.92 Å². The van der Waals surface area contributed by atoms with Crippen LogP contribution in [0, 0.1) is 0 Å². The maximum absolute atomic E-state index is 10.8. The molecule has 0 atom stereocenters. The highest BCUT2D eigenvalue weighted by atomic mass is 16.5. The Hall–Kier alpha value is -2.35. The highest BCUT2D eigenvalue weighted by Gasteiger charge is 2.04. The highest BCUT2D eigenvalue weighted by Crippen LogP contribution is 2.24. The topological polar surface area (TPSA) is 26.3 Å². The van der Waals surface area contributed by atoms with E-state index in [1.807, 2.05) is 61.5 Å². The molecule has 0 aliphatic carbocycles. The van der Waals surface area contributed by atoms with Crippen molar-refractivity contribution in [1.29, 1.82) is 0 Å². The van der Waals surface area contributed by atoms with Crippen molar-refractivity contribution in [3.8, 4) is 5.75 Å². The molecule has 0 saturated heterocycles. The summed E-state index contributed by atoms with van der Waals surface area (Å²) in [5, 5.41) is 0. The van der Waals surface area contributed by atoms with Gasteiger partial charge in [0, 0.05) is 0 Å². The Morgan fingerprint density at radius 3 is 2.21 bits per heavy atom. The minimum Gasteiger partial charge on any atom is -0.494 e. The van der Waals surface area contributed by atoms with E-state index in [0.717, 1.165) is 28.7 Å². The molecule has 2 heteroatoms. The summed E-state index contributed by atoms with van der Waals surface area (Å²) in [7, 11) is 0. The largest absolute Gasteiger partial charge is 0.494 e. The van der Waals surface area contributed by atoms with Gasteiger partial charge in [0.2, 0.25) is 0 Å². The van der Waals surface area contributed by atoms with Crippen molar-refractivity contribution in [2.24, 2.45) is 0 Å². The van der Waals surface area contributed by atoms with Gasteiger partial charge in [-0.1, -0.05) is 42.5 Å². The Morgan fingerprint density at radius 2 is 1.63 bits per heavy atom. The summed E-state index contributed by atoms with van der Waals surface area (Å²) < 4.78 is 5.42. The van der Waals surface area contributed by atoms with Gasteiger partial charge in [-0.3, -0.25) is 4.79 Å². The number of carbonyl (C=O) groups excluding carboxylic acids is 1. The summed E-state index contributed by atoms with van der Waals surface area (Å²) in [6.07, 6.45) is 2.41. The van der Waals surface area contributed by atoms with Gasteiger partial charge in [-0.2, -0.15) is 0 Å². The molecular formula is C17H16O2. The molecule has 2 nitrogen and oxygen atoms in total. The van der Waals surface area contributed by atoms with Gasteiger partial charge in [-0.15, -0.1) is 0 Å². The number of allylic oxidation sites excluding steroid dienone is 1. The minimum atomic E-state index is 0.648. The third-order valence-electron chi connectivity index (χ3n) is 2.80. The van der Waals surface area contributed by atoms with Crippen LogP contribution in [0.5, 0.6) is 5.75 Å². The first-order valence-electron chi connectivity index (χ1n) is 6.29. The van der Waals surface area contributed by atoms with Gasteiger partial charge in [0.15, 0.2) is 0 Å². The normalized spacial score (nSPS) is 11.1. The fourth-order valence-electron chi connectivity index (χ4n) is 1.94. The molecule has 0 aliphatic heterocycles. The molecule has 19 heavy (non-hydrogen) atoms. The van der Waals surface area contributed by atoms with Crippen LogP contribution in [-0.4, -0.2) is 12.9 Å². The minimum absolute atomic E-state index is 0.648. The van der Waals surface area contributed by atoms with Crippen LogP contribution in [0.4, 0.5) is 0 Å². The molecule has 0 amide bonds. The average molecular weight is 252 g/mol. The lowest BCUT2D eigenvalue weighted by atomic mass is 9.98. The molecule has 96 valence electrons. The van der Waals surface area contributed by atoms with Crippen LogP contribution in [0.2, 0.25) is 0 Å². The summed E-state index contributed by atoms with van der Waals surface area (Å²) in [5.74, 6) is 0.838. The predicted molar refractivity (Wildman–Crippen MR) is 77.2 cm³/mol. The summed E-state index contributed by atoms with van der Waals surface area (Å²) in [4.78, 5) is 10.8. The van der Waals surface area contributed by atoms with E-state index in [-0.39, 0.29) is 0 Å². The first kappa shape index (κ1) is 13.1. The zero-order valence-electron chi connectivity index (χ0n) is 10.9. The van der Waals surface area contributed by atoms with Crippen LogP contribution in [0.25, 0.3) is 5.57 Å². The molecule has 0 aliphatic rings. The molecule has 0 unspecified atom stereocenters. The molecular weight excluding hydrogens is 236 g/mol. The van der Waals surface area contributed by atoms with Crippen molar-refractivity contribution >= 4 is 11.9 Å². The fourth-order valence-corrected chi connectivity index (χ4v) is 1.94. The maximum atomic E-state index is 10.8. The second kappa shape index (κ2) is 6.55. The second-order valence-electron chi connectivity index (χ2n) is 4.04. The van der Waals surface area contributed by atoms with Gasteiger partial charge in [0.25, 0.3) is 0 Å². The van der Waals surface area contributed by atoms with E-state index in [2.05, 4.69) is 0 Å². The Bertz CT molecular complexity index is 554. The lowest BCUT2D eigenvalue weighted by molar-refractivity contribution is -0.104. The monoisotopic (exact) mass is 252 g/mol. The summed E-state index contributed by atoms with van der Waals surface area (Å²) >= 11 is 0. The number of hydrogen-bond donors (Lipinski definition) is 0. The first-order chi connectivity index (χ1) is 9.35. The van der Waals surface area contributed by atoms with Crippen LogP contribution >= 0.6 is 0 Å². The number of rotatable bonds is 5. The molecule has 0 bridgehead atoms. The van der Waals surface area contributed by atoms with Crippen LogP contribution in [0.1, 0.15) is 18.1 Å². The zero-order valence-corrected chi connectivity index (χ0v) is 10.9. The lowest BCUT2D eigenvalue weighted by Gasteiger charge is -2.09. The molecule has 2 aromatic carbocycles. The standard InChI is InChI=1S/C17H16O2/c1-2-19-16-10-8-15(9-11-16)17(12-13-18)14-6-4-3-5-7-14/h3-13H,2H2,1H3. The van der Waals surface area contributed by atoms with E-state index in [9.17, 15) is 4.79 Å². The van der Waals surface area contributed by atoms with Crippen molar-refractivity contribution in [3.05, 3.63) is 71.8 Å². The van der Waals surface area contributed by atoms with E-state index >= 15 is 0 Å². The van der Waals surface area contributed by atoms with Crippen LogP contribution in [0.3, 0.4) is 0 Å². The average Bonchev–Trinajstić information content (AvgIpc) is 2.47. The van der Waals surface area contributed by atoms with Crippen molar-refractivity contribution in [3.63, 3.8) is 0 Å². The van der Waals surface area contributed by atoms with E-state index in [0.29, 0.717) is 6.61 Å². The van der Waals surface area contributed by atoms with E-state index in [4.69, 9.17) is 4.74 Å². The maximum Gasteiger partial charge on any atom is 0.143 e. The molecule has 2 rings (SSSR count). The third kappa shape index (κ3) is 3.32. The zero-order chi connectivity index (χ0) is 13.5. The van der Waals surface area contributed by atoms with Gasteiger partial charge >= 0.3 is 0 Å². The molecule has 0 fully saturated rings. The number of ether oxygens (including phenoxy) is 1. The number of hydrogen-bond acceptors (Lipinski definition) is 2. The van der Waals surface area contributed by atoms with Crippen LogP contribution in [-0.2, 0) is 4.79 Å². The molecule has 0 radical (unpaired) electrons. The number of carbonyl (C=O) groups is 1. The summed E-state index contributed by atoms with van der Waals surface area (Å²) in [6.45, 7) is 2.60. The van der Waals surface area contributed by atoms with Crippen molar-refractivity contribution < 1.29 is 9.53 Å². The molecule has 0 heterocycles. The second-order valence-corrected chi connectivity index (χ2v) is 4.04. The van der Waals surface area contributed by atoms with E-state index in [1.165, 1.54) is 0 Å². The number of aldehydes is 1. The Labute approximate surface area is 113 Å². The predicted octanol–water partition coefficient (Wildman–Crippen LogP) is 3.72. The molecule has 0 spiro atoms. The number of benzene rings is 2. The van der Waals surface area contributed by atoms with Gasteiger partial charge in [0.1, 0.15) is 12.0 Å². The summed E-state index contributed by atoms with van der Waals surface area (Å²) in [5.41, 5.74) is 2.94. The fraction of sp³-hybridized carbons (Fsp3) is 0.118. The van der Waals surface area contributed by atoms with E-state index < -0.39 is 0 Å². The Kier molecular flexibility index (Phi) is 4.51. The molecule has 0 saturated carbocycles. The van der Waals surface area contributed by atoms with Gasteiger partial charge in [-0.05, 0) is 41.8 Å². The third-order valence-corrected chi connectivity index (χ3v) is 2.80. The van der Waals surface area contributed by atoms with Crippen molar-refractivity contribution in [1.82, 2.24) is 0 Å². The Morgan fingerprint density at radius 1 is 1.00 bits per heavy atom. The van der Waals surface area contributed by atoms with Gasteiger partial charge in [0.05, 0.1) is 6.61 Å². The van der Waals surface area contributed by atoms with E-state index in [1.54, 1.807) is 6.08 Å². The highest BCUT2D eigenvalue weighted by molar-refractivity contribution is 5.89. The van der Waals surface area contributed by atoms with Crippen molar-refractivity contribution in [2.75, 3.05) is 6.61 Å². The quantitative estimate of drug-likeness (QED) is 0.599. The smallest absolute Gasteiger partial charge is 0.143 e. The van der Waals surface area contributed by atoms with Crippen LogP contribution < -0.4 is 4.74 Å². The first-order valence-corrected chi connectivity index (χ1v) is 6.29. The lowest BCUT2D eigenvalue weighted by Crippen LogP contribution is -1.92. The molecule has 0 aromatic heterocycles. The molecule has 0 N–H and O–H groups in total. The van der Waals surface area contributed by atoms with Gasteiger partial charge < -0.3 is 4.74 Å². The van der Waals surface area contributed by atoms with Crippen LogP contribution in [0.15, 0.2) is 60.7 Å².